The second-order valence-electron chi connectivity index (χ2n) is 7.22. The molecule has 1 N–H and O–H groups in total. The molecular weight excluding hydrogens is 300 g/mol. The fourth-order valence-electron chi connectivity index (χ4n) is 3.15. The van der Waals surface area contributed by atoms with Gasteiger partial charge >= 0.3 is 0 Å². The standard InChI is InChI=1S/C20H30N2O2/c1-16(2)8-11-21-19(23)15-20(24)22-12-9-18(10-13-22)14-17-6-4-3-5-7-17/h3-7,16,18H,8-15H2,1-2H3,(H,21,23). The summed E-state index contributed by atoms with van der Waals surface area (Å²) in [6.45, 7) is 6.45. The van der Waals surface area contributed by atoms with E-state index in [2.05, 4.69) is 43.4 Å². The van der Waals surface area contributed by atoms with Crippen molar-refractivity contribution in [3.8, 4) is 0 Å². The minimum Gasteiger partial charge on any atom is -0.356 e. The summed E-state index contributed by atoms with van der Waals surface area (Å²) in [5.41, 5.74) is 1.37. The Morgan fingerprint density at radius 1 is 1.17 bits per heavy atom. The molecule has 1 aromatic carbocycles. The lowest BCUT2D eigenvalue weighted by Gasteiger charge is -2.32. The third kappa shape index (κ3) is 6.34. The SMILES string of the molecule is CC(C)CCNC(=O)CC(=O)N1CCC(Cc2ccccc2)CC1. The van der Waals surface area contributed by atoms with Gasteiger partial charge in [-0.15, -0.1) is 0 Å². The maximum Gasteiger partial charge on any atom is 0.232 e. The van der Waals surface area contributed by atoms with Crippen molar-refractivity contribution in [1.82, 2.24) is 10.2 Å². The van der Waals surface area contributed by atoms with Crippen LogP contribution in [0.5, 0.6) is 0 Å². The molecule has 0 spiro atoms. The van der Waals surface area contributed by atoms with Gasteiger partial charge in [-0.05, 0) is 43.1 Å². The quantitative estimate of drug-likeness (QED) is 0.781. The minimum atomic E-state index is -0.146. The van der Waals surface area contributed by atoms with E-state index in [0.29, 0.717) is 18.4 Å². The van der Waals surface area contributed by atoms with Crippen molar-refractivity contribution in [2.45, 2.75) is 46.0 Å². The summed E-state index contributed by atoms with van der Waals surface area (Å²) < 4.78 is 0. The van der Waals surface area contributed by atoms with Gasteiger partial charge in [-0.1, -0.05) is 44.2 Å². The van der Waals surface area contributed by atoms with E-state index in [1.807, 2.05) is 11.0 Å². The number of piperidine rings is 1. The van der Waals surface area contributed by atoms with Crippen molar-refractivity contribution in [1.29, 1.82) is 0 Å². The molecule has 2 amide bonds. The number of rotatable bonds is 7. The van der Waals surface area contributed by atoms with E-state index < -0.39 is 0 Å². The summed E-state index contributed by atoms with van der Waals surface area (Å²) in [6.07, 6.45) is 4.07. The molecule has 4 nitrogen and oxygen atoms in total. The zero-order chi connectivity index (χ0) is 17.4. The Hall–Kier alpha value is -1.84. The number of benzene rings is 1. The van der Waals surface area contributed by atoms with Crippen LogP contribution in [0.25, 0.3) is 0 Å². The second kappa shape index (κ2) is 9.45. The molecule has 0 radical (unpaired) electrons. The van der Waals surface area contributed by atoms with Crippen LogP contribution in [-0.4, -0.2) is 36.3 Å². The first-order valence-corrected chi connectivity index (χ1v) is 9.13. The minimum absolute atomic E-state index is 0.0125. The van der Waals surface area contributed by atoms with Crippen molar-refractivity contribution in [3.63, 3.8) is 0 Å². The number of hydrogen-bond acceptors (Lipinski definition) is 2. The number of likely N-dealkylation sites (tertiary alicyclic amines) is 1. The van der Waals surface area contributed by atoms with Gasteiger partial charge in [0, 0.05) is 19.6 Å². The van der Waals surface area contributed by atoms with E-state index in [4.69, 9.17) is 0 Å². The summed E-state index contributed by atoms with van der Waals surface area (Å²) in [4.78, 5) is 25.9. The monoisotopic (exact) mass is 330 g/mol. The number of carbonyl (C=O) groups excluding carboxylic acids is 2. The van der Waals surface area contributed by atoms with Gasteiger partial charge in [-0.2, -0.15) is 0 Å². The zero-order valence-corrected chi connectivity index (χ0v) is 15.0. The maximum absolute atomic E-state index is 12.2. The number of amides is 2. The van der Waals surface area contributed by atoms with Crippen molar-refractivity contribution in [2.24, 2.45) is 11.8 Å². The molecule has 0 aliphatic carbocycles. The van der Waals surface area contributed by atoms with Gasteiger partial charge in [-0.25, -0.2) is 0 Å². The molecule has 1 heterocycles. The van der Waals surface area contributed by atoms with Crippen LogP contribution in [0.4, 0.5) is 0 Å². The predicted octanol–water partition coefficient (Wildman–Crippen LogP) is 3.02. The first kappa shape index (κ1) is 18.5. The van der Waals surface area contributed by atoms with Gasteiger partial charge < -0.3 is 10.2 Å². The first-order chi connectivity index (χ1) is 11.5. The van der Waals surface area contributed by atoms with E-state index in [0.717, 1.165) is 38.8 Å². The molecule has 0 bridgehead atoms. The Bertz CT molecular complexity index is 520. The highest BCUT2D eigenvalue weighted by Gasteiger charge is 2.24. The highest BCUT2D eigenvalue weighted by Crippen LogP contribution is 2.22. The predicted molar refractivity (Wildman–Crippen MR) is 96.5 cm³/mol. The summed E-state index contributed by atoms with van der Waals surface area (Å²) in [7, 11) is 0. The highest BCUT2D eigenvalue weighted by molar-refractivity contribution is 5.96. The fourth-order valence-corrected chi connectivity index (χ4v) is 3.15. The van der Waals surface area contributed by atoms with Crippen LogP contribution in [0.15, 0.2) is 30.3 Å². The molecule has 1 aliphatic heterocycles. The Labute approximate surface area is 145 Å². The molecule has 0 unspecified atom stereocenters. The van der Waals surface area contributed by atoms with Crippen LogP contribution in [0.1, 0.15) is 45.1 Å². The Kier molecular flexibility index (Phi) is 7.29. The average Bonchev–Trinajstić information content (AvgIpc) is 2.56. The zero-order valence-electron chi connectivity index (χ0n) is 15.0. The van der Waals surface area contributed by atoms with Gasteiger partial charge in [0.05, 0.1) is 0 Å². The molecule has 4 heteroatoms. The lowest BCUT2D eigenvalue weighted by Crippen LogP contribution is -2.41. The fraction of sp³-hybridized carbons (Fsp3) is 0.600. The van der Waals surface area contributed by atoms with Crippen LogP contribution < -0.4 is 5.32 Å². The van der Waals surface area contributed by atoms with E-state index in [1.54, 1.807) is 0 Å². The highest BCUT2D eigenvalue weighted by atomic mass is 16.2. The van der Waals surface area contributed by atoms with Gasteiger partial charge in [0.2, 0.25) is 11.8 Å². The van der Waals surface area contributed by atoms with Crippen LogP contribution in [-0.2, 0) is 16.0 Å². The van der Waals surface area contributed by atoms with Crippen molar-refractivity contribution < 1.29 is 9.59 Å². The van der Waals surface area contributed by atoms with Gasteiger partial charge in [0.25, 0.3) is 0 Å². The number of carbonyl (C=O) groups is 2. The van der Waals surface area contributed by atoms with Gasteiger partial charge in [-0.3, -0.25) is 9.59 Å². The average molecular weight is 330 g/mol. The van der Waals surface area contributed by atoms with Gasteiger partial charge in [0.15, 0.2) is 0 Å². The van der Waals surface area contributed by atoms with Gasteiger partial charge in [0.1, 0.15) is 6.42 Å². The third-order valence-electron chi connectivity index (χ3n) is 4.69. The summed E-state index contributed by atoms with van der Waals surface area (Å²) in [5.74, 6) is 1.02. The molecule has 132 valence electrons. The molecule has 2 rings (SSSR count). The Morgan fingerprint density at radius 2 is 1.83 bits per heavy atom. The van der Waals surface area contributed by atoms with Crippen LogP contribution in [0.3, 0.4) is 0 Å². The third-order valence-corrected chi connectivity index (χ3v) is 4.69. The first-order valence-electron chi connectivity index (χ1n) is 9.13. The lowest BCUT2D eigenvalue weighted by molar-refractivity contribution is -0.137. The van der Waals surface area contributed by atoms with E-state index >= 15 is 0 Å². The van der Waals surface area contributed by atoms with E-state index in [1.165, 1.54) is 5.56 Å². The molecule has 1 aliphatic rings. The van der Waals surface area contributed by atoms with Crippen LogP contribution >= 0.6 is 0 Å². The summed E-state index contributed by atoms with van der Waals surface area (Å²) in [5, 5.41) is 2.84. The summed E-state index contributed by atoms with van der Waals surface area (Å²) in [6, 6.07) is 10.5. The van der Waals surface area contributed by atoms with E-state index in [9.17, 15) is 9.59 Å². The topological polar surface area (TPSA) is 49.4 Å². The van der Waals surface area contributed by atoms with Crippen LogP contribution in [0.2, 0.25) is 0 Å². The van der Waals surface area contributed by atoms with Crippen molar-refractivity contribution >= 4 is 11.8 Å². The molecular formula is C20H30N2O2. The largest absolute Gasteiger partial charge is 0.356 e. The molecule has 1 saturated heterocycles. The maximum atomic E-state index is 12.2. The van der Waals surface area contributed by atoms with Crippen LogP contribution in [0, 0.1) is 11.8 Å². The number of nitrogens with zero attached hydrogens (tertiary/aromatic N) is 1. The van der Waals surface area contributed by atoms with E-state index in [-0.39, 0.29) is 18.2 Å². The summed E-state index contributed by atoms with van der Waals surface area (Å²) >= 11 is 0. The Morgan fingerprint density at radius 3 is 2.46 bits per heavy atom. The molecule has 1 aromatic rings. The molecule has 0 saturated carbocycles. The Balaban J connectivity index is 1.67. The van der Waals surface area contributed by atoms with Crippen molar-refractivity contribution in [3.05, 3.63) is 35.9 Å². The normalized spacial score (nSPS) is 15.5. The molecule has 0 atom stereocenters. The smallest absolute Gasteiger partial charge is 0.232 e. The van der Waals surface area contributed by atoms with Crippen molar-refractivity contribution in [2.75, 3.05) is 19.6 Å². The lowest BCUT2D eigenvalue weighted by atomic mass is 9.90. The second-order valence-corrected chi connectivity index (χ2v) is 7.22. The molecule has 1 fully saturated rings. The number of nitrogens with one attached hydrogen (secondary N) is 1. The molecule has 24 heavy (non-hydrogen) atoms. The number of hydrogen-bond donors (Lipinski definition) is 1. The molecule has 0 aromatic heterocycles.